The number of hydrogen-bond donors (Lipinski definition) is 3. The van der Waals surface area contributed by atoms with Crippen molar-refractivity contribution in [3.63, 3.8) is 0 Å². The van der Waals surface area contributed by atoms with Crippen LogP contribution in [0.2, 0.25) is 0 Å². The second kappa shape index (κ2) is 7.52. The quantitative estimate of drug-likeness (QED) is 0.737. The number of nitrogens with zero attached hydrogens (tertiary/aromatic N) is 1. The lowest BCUT2D eigenvalue weighted by atomic mass is 10.1. The van der Waals surface area contributed by atoms with Gasteiger partial charge in [0.1, 0.15) is 0 Å². The minimum absolute atomic E-state index is 0.0569. The Balaban J connectivity index is 1.66. The number of amides is 2. The van der Waals surface area contributed by atoms with Crippen LogP contribution in [-0.4, -0.2) is 43.3 Å². The van der Waals surface area contributed by atoms with Crippen LogP contribution < -0.4 is 15.5 Å². The number of nitrogens with one attached hydrogen (secondary N) is 2. The lowest BCUT2D eigenvalue weighted by Gasteiger charge is -2.18. The average molecular weight is 291 g/mol. The number of carbonyl (C=O) groups excluding carboxylic acids is 1. The summed E-state index contributed by atoms with van der Waals surface area (Å²) in [7, 11) is 0. The maximum Gasteiger partial charge on any atom is 0.314 e. The Labute approximate surface area is 124 Å². The van der Waals surface area contributed by atoms with Gasteiger partial charge in [0.15, 0.2) is 0 Å². The van der Waals surface area contributed by atoms with Gasteiger partial charge < -0.3 is 20.6 Å². The number of urea groups is 1. The fraction of sp³-hybridized carbons (Fsp3) is 0.467. The van der Waals surface area contributed by atoms with Gasteiger partial charge in [0.25, 0.3) is 0 Å². The highest BCUT2D eigenvalue weighted by molar-refractivity contribution is 5.74. The standard InChI is InChI=1S/C15H21N3O3/c19-14(20)6-8-16-15(21)17-10-12-7-9-18(11-12)13-4-2-1-3-5-13/h1-5,12H,6-11H2,(H,19,20)(H2,16,17,21). The predicted octanol–water partition coefficient (Wildman–Crippen LogP) is 1.29. The third-order valence-corrected chi connectivity index (χ3v) is 3.58. The molecule has 0 bridgehead atoms. The Morgan fingerprint density at radius 2 is 2.00 bits per heavy atom. The molecule has 0 aromatic heterocycles. The van der Waals surface area contributed by atoms with Crippen molar-refractivity contribution in [3.8, 4) is 0 Å². The van der Waals surface area contributed by atoms with Crippen molar-refractivity contribution in [2.45, 2.75) is 12.8 Å². The number of anilines is 1. The van der Waals surface area contributed by atoms with Crippen molar-refractivity contribution in [2.75, 3.05) is 31.1 Å². The van der Waals surface area contributed by atoms with Gasteiger partial charge in [0.05, 0.1) is 6.42 Å². The Morgan fingerprint density at radius 3 is 2.71 bits per heavy atom. The van der Waals surface area contributed by atoms with Crippen molar-refractivity contribution in [1.82, 2.24) is 10.6 Å². The molecule has 0 radical (unpaired) electrons. The molecule has 1 unspecified atom stereocenters. The van der Waals surface area contributed by atoms with Crippen LogP contribution in [0.1, 0.15) is 12.8 Å². The number of benzene rings is 1. The molecule has 1 aliphatic rings. The second-order valence-electron chi connectivity index (χ2n) is 5.22. The first-order valence-corrected chi connectivity index (χ1v) is 7.18. The van der Waals surface area contributed by atoms with Gasteiger partial charge in [0, 0.05) is 31.9 Å². The van der Waals surface area contributed by atoms with E-state index in [2.05, 4.69) is 27.7 Å². The number of carboxylic acids is 1. The molecule has 114 valence electrons. The van der Waals surface area contributed by atoms with Crippen LogP contribution in [0.5, 0.6) is 0 Å². The van der Waals surface area contributed by atoms with E-state index in [1.54, 1.807) is 0 Å². The Morgan fingerprint density at radius 1 is 1.24 bits per heavy atom. The highest BCUT2D eigenvalue weighted by Crippen LogP contribution is 2.22. The molecule has 1 heterocycles. The van der Waals surface area contributed by atoms with E-state index in [0.29, 0.717) is 12.5 Å². The van der Waals surface area contributed by atoms with E-state index in [-0.39, 0.29) is 19.0 Å². The largest absolute Gasteiger partial charge is 0.481 e. The summed E-state index contributed by atoms with van der Waals surface area (Å²) in [5.41, 5.74) is 1.21. The van der Waals surface area contributed by atoms with Gasteiger partial charge in [0.2, 0.25) is 0 Å². The first-order chi connectivity index (χ1) is 10.1. The topological polar surface area (TPSA) is 81.7 Å². The molecule has 6 nitrogen and oxygen atoms in total. The number of carbonyl (C=O) groups is 2. The van der Waals surface area contributed by atoms with Crippen molar-refractivity contribution < 1.29 is 14.7 Å². The highest BCUT2D eigenvalue weighted by atomic mass is 16.4. The number of aliphatic carboxylic acids is 1. The molecule has 1 aromatic carbocycles. The van der Waals surface area contributed by atoms with Crippen LogP contribution in [0.4, 0.5) is 10.5 Å². The van der Waals surface area contributed by atoms with Crippen LogP contribution in [0.15, 0.2) is 30.3 Å². The average Bonchev–Trinajstić information content (AvgIpc) is 2.94. The molecule has 21 heavy (non-hydrogen) atoms. The molecule has 2 amide bonds. The maximum atomic E-state index is 11.5. The van der Waals surface area contributed by atoms with E-state index in [9.17, 15) is 9.59 Å². The zero-order valence-electron chi connectivity index (χ0n) is 11.9. The minimum atomic E-state index is -0.912. The van der Waals surface area contributed by atoms with Crippen LogP contribution in [0.3, 0.4) is 0 Å². The summed E-state index contributed by atoms with van der Waals surface area (Å²) in [6.07, 6.45) is 0.989. The monoisotopic (exact) mass is 291 g/mol. The molecule has 0 aliphatic carbocycles. The summed E-state index contributed by atoms with van der Waals surface area (Å²) in [5, 5.41) is 13.8. The molecule has 0 spiro atoms. The molecule has 3 N–H and O–H groups in total. The molecular formula is C15H21N3O3. The summed E-state index contributed by atoms with van der Waals surface area (Å²) in [5.74, 6) is -0.486. The van der Waals surface area contributed by atoms with Crippen molar-refractivity contribution in [3.05, 3.63) is 30.3 Å². The summed E-state index contributed by atoms with van der Waals surface area (Å²) >= 11 is 0. The van der Waals surface area contributed by atoms with Gasteiger partial charge in [-0.05, 0) is 24.5 Å². The first kappa shape index (κ1) is 15.2. The fourth-order valence-corrected chi connectivity index (χ4v) is 2.46. The first-order valence-electron chi connectivity index (χ1n) is 7.18. The molecule has 6 heteroatoms. The zero-order chi connectivity index (χ0) is 15.1. The van der Waals surface area contributed by atoms with Crippen molar-refractivity contribution >= 4 is 17.7 Å². The van der Waals surface area contributed by atoms with Crippen LogP contribution in [0.25, 0.3) is 0 Å². The van der Waals surface area contributed by atoms with Crippen LogP contribution in [-0.2, 0) is 4.79 Å². The summed E-state index contributed by atoms with van der Waals surface area (Å²) in [6.45, 7) is 2.70. The van der Waals surface area contributed by atoms with Crippen LogP contribution in [0, 0.1) is 5.92 Å². The fourth-order valence-electron chi connectivity index (χ4n) is 2.46. The van der Waals surface area contributed by atoms with Gasteiger partial charge in [-0.15, -0.1) is 0 Å². The van der Waals surface area contributed by atoms with Gasteiger partial charge in [-0.3, -0.25) is 4.79 Å². The zero-order valence-corrected chi connectivity index (χ0v) is 11.9. The SMILES string of the molecule is O=C(O)CCNC(=O)NCC1CCN(c2ccccc2)C1. The molecule has 1 aliphatic heterocycles. The van der Waals surface area contributed by atoms with E-state index >= 15 is 0 Å². The van der Waals surface area contributed by atoms with Crippen molar-refractivity contribution in [1.29, 1.82) is 0 Å². The number of carboxylic acid groups (broad SMARTS) is 1. The second-order valence-corrected chi connectivity index (χ2v) is 5.22. The molecule has 1 atom stereocenters. The Hall–Kier alpha value is -2.24. The van der Waals surface area contributed by atoms with Gasteiger partial charge in [-0.1, -0.05) is 18.2 Å². The van der Waals surface area contributed by atoms with E-state index in [4.69, 9.17) is 5.11 Å². The summed E-state index contributed by atoms with van der Waals surface area (Å²) in [4.78, 5) is 24.2. The van der Waals surface area contributed by atoms with E-state index in [1.807, 2.05) is 18.2 Å². The predicted molar refractivity (Wildman–Crippen MR) is 80.4 cm³/mol. The third kappa shape index (κ3) is 4.98. The number of hydrogen-bond acceptors (Lipinski definition) is 3. The lowest BCUT2D eigenvalue weighted by molar-refractivity contribution is -0.136. The Kier molecular flexibility index (Phi) is 5.43. The Bertz CT molecular complexity index is 478. The summed E-state index contributed by atoms with van der Waals surface area (Å²) < 4.78 is 0. The van der Waals surface area contributed by atoms with E-state index in [1.165, 1.54) is 5.69 Å². The molecule has 1 fully saturated rings. The summed E-state index contributed by atoms with van der Waals surface area (Å²) in [6, 6.07) is 9.94. The normalized spacial score (nSPS) is 17.5. The highest BCUT2D eigenvalue weighted by Gasteiger charge is 2.22. The molecule has 0 saturated carbocycles. The van der Waals surface area contributed by atoms with Gasteiger partial charge in [-0.25, -0.2) is 4.79 Å². The molecule has 2 rings (SSSR count). The smallest absolute Gasteiger partial charge is 0.314 e. The maximum absolute atomic E-state index is 11.5. The van der Waals surface area contributed by atoms with Crippen LogP contribution >= 0.6 is 0 Å². The third-order valence-electron chi connectivity index (χ3n) is 3.58. The molecular weight excluding hydrogens is 270 g/mol. The van der Waals surface area contributed by atoms with Crippen molar-refractivity contribution in [2.24, 2.45) is 5.92 Å². The number of rotatable bonds is 6. The van der Waals surface area contributed by atoms with Gasteiger partial charge >= 0.3 is 12.0 Å². The van der Waals surface area contributed by atoms with E-state index in [0.717, 1.165) is 19.5 Å². The minimum Gasteiger partial charge on any atom is -0.481 e. The van der Waals surface area contributed by atoms with Gasteiger partial charge in [-0.2, -0.15) is 0 Å². The van der Waals surface area contributed by atoms with E-state index < -0.39 is 5.97 Å². The molecule has 1 saturated heterocycles. The number of para-hydroxylation sites is 1. The molecule has 1 aromatic rings. The lowest BCUT2D eigenvalue weighted by Crippen LogP contribution is -2.39.